The van der Waals surface area contributed by atoms with Crippen molar-refractivity contribution in [3.63, 3.8) is 0 Å². The number of aromatic nitrogens is 2. The van der Waals surface area contributed by atoms with E-state index in [1.165, 1.54) is 0 Å². The Morgan fingerprint density at radius 2 is 1.92 bits per heavy atom. The monoisotopic (exact) mass is 373 g/mol. The van der Waals surface area contributed by atoms with E-state index in [0.717, 1.165) is 38.6 Å². The van der Waals surface area contributed by atoms with Crippen LogP contribution in [0.2, 0.25) is 0 Å². The van der Waals surface area contributed by atoms with E-state index in [4.69, 9.17) is 9.47 Å². The molecule has 1 aromatic carbocycles. The zero-order valence-electron chi connectivity index (χ0n) is 15.4. The Balaban J connectivity index is 2.25. The Kier molecular flexibility index (Phi) is 5.58. The van der Waals surface area contributed by atoms with Crippen LogP contribution in [0.25, 0.3) is 21.3 Å². The molecule has 0 bridgehead atoms. The van der Waals surface area contributed by atoms with Crippen LogP contribution in [0.15, 0.2) is 24.5 Å². The Labute approximate surface area is 157 Å². The molecule has 0 unspecified atom stereocenters. The van der Waals surface area contributed by atoms with Crippen molar-refractivity contribution in [3.8, 4) is 22.6 Å². The van der Waals surface area contributed by atoms with Crippen LogP contribution < -0.4 is 14.4 Å². The standard InChI is InChI=1S/C19H23N3O3S/c1-5-22(8-9-23)18-17-16(12(2)26-19(17)21-11-20-18)13-6-7-14(24-3)15(10-13)25-4/h6-7,10-11,23H,5,8-9H2,1-4H3. The molecule has 3 aromatic rings. The molecular weight excluding hydrogens is 350 g/mol. The molecule has 0 amide bonds. The minimum absolute atomic E-state index is 0.0775. The summed E-state index contributed by atoms with van der Waals surface area (Å²) in [6, 6.07) is 5.91. The molecule has 0 spiro atoms. The smallest absolute Gasteiger partial charge is 0.161 e. The van der Waals surface area contributed by atoms with E-state index in [0.29, 0.717) is 18.0 Å². The van der Waals surface area contributed by atoms with E-state index < -0.39 is 0 Å². The number of aliphatic hydroxyl groups excluding tert-OH is 1. The molecule has 2 aromatic heterocycles. The van der Waals surface area contributed by atoms with Crippen molar-refractivity contribution >= 4 is 27.4 Å². The van der Waals surface area contributed by atoms with Gasteiger partial charge in [0.05, 0.1) is 26.2 Å². The van der Waals surface area contributed by atoms with E-state index in [1.807, 2.05) is 18.2 Å². The van der Waals surface area contributed by atoms with E-state index in [9.17, 15) is 5.11 Å². The number of rotatable bonds is 7. The van der Waals surface area contributed by atoms with Gasteiger partial charge in [0.15, 0.2) is 11.5 Å². The third-order valence-corrected chi connectivity index (χ3v) is 5.38. The fraction of sp³-hybridized carbons (Fsp3) is 0.368. The molecule has 0 radical (unpaired) electrons. The molecule has 0 saturated carbocycles. The number of nitrogens with zero attached hydrogens (tertiary/aromatic N) is 3. The highest BCUT2D eigenvalue weighted by atomic mass is 32.1. The third-order valence-electron chi connectivity index (χ3n) is 4.37. The molecule has 2 heterocycles. The van der Waals surface area contributed by atoms with Gasteiger partial charge >= 0.3 is 0 Å². The second-order valence-corrected chi connectivity index (χ2v) is 6.99. The van der Waals surface area contributed by atoms with Gasteiger partial charge in [0.25, 0.3) is 0 Å². The molecule has 0 atom stereocenters. The number of benzene rings is 1. The van der Waals surface area contributed by atoms with Crippen molar-refractivity contribution in [1.29, 1.82) is 0 Å². The number of ether oxygens (including phenoxy) is 2. The van der Waals surface area contributed by atoms with Crippen LogP contribution in [-0.4, -0.2) is 49.0 Å². The topological polar surface area (TPSA) is 67.7 Å². The summed E-state index contributed by atoms with van der Waals surface area (Å²) in [7, 11) is 3.26. The molecule has 6 nitrogen and oxygen atoms in total. The number of hydrogen-bond donors (Lipinski definition) is 1. The third kappa shape index (κ3) is 3.20. The SMILES string of the molecule is CCN(CCO)c1ncnc2sc(C)c(-c3ccc(OC)c(OC)c3)c12. The molecule has 0 saturated heterocycles. The number of thiophene rings is 1. The van der Waals surface area contributed by atoms with E-state index in [2.05, 4.69) is 28.7 Å². The van der Waals surface area contributed by atoms with Crippen LogP contribution in [0.1, 0.15) is 11.8 Å². The average Bonchev–Trinajstić information content (AvgIpc) is 3.01. The Morgan fingerprint density at radius 3 is 2.58 bits per heavy atom. The molecule has 26 heavy (non-hydrogen) atoms. The maximum absolute atomic E-state index is 9.41. The van der Waals surface area contributed by atoms with Crippen molar-refractivity contribution in [1.82, 2.24) is 9.97 Å². The summed E-state index contributed by atoms with van der Waals surface area (Å²) in [5, 5.41) is 10.4. The van der Waals surface area contributed by atoms with Crippen molar-refractivity contribution < 1.29 is 14.6 Å². The Morgan fingerprint density at radius 1 is 1.15 bits per heavy atom. The van der Waals surface area contributed by atoms with Crippen LogP contribution in [0.3, 0.4) is 0 Å². The first-order valence-corrected chi connectivity index (χ1v) is 9.28. The number of anilines is 1. The number of methoxy groups -OCH3 is 2. The van der Waals surface area contributed by atoms with Gasteiger partial charge in [-0.1, -0.05) is 6.07 Å². The molecule has 0 aliphatic carbocycles. The lowest BCUT2D eigenvalue weighted by molar-refractivity contribution is 0.302. The zero-order chi connectivity index (χ0) is 18.7. The second-order valence-electron chi connectivity index (χ2n) is 5.78. The van der Waals surface area contributed by atoms with Gasteiger partial charge < -0.3 is 19.5 Å². The molecule has 1 N–H and O–H groups in total. The van der Waals surface area contributed by atoms with Gasteiger partial charge in [-0.3, -0.25) is 0 Å². The summed E-state index contributed by atoms with van der Waals surface area (Å²) in [4.78, 5) is 13.2. The molecule has 0 aliphatic heterocycles. The highest BCUT2D eigenvalue weighted by Crippen LogP contribution is 2.43. The average molecular weight is 373 g/mol. The van der Waals surface area contributed by atoms with Gasteiger partial charge in [-0.25, -0.2) is 9.97 Å². The van der Waals surface area contributed by atoms with Crippen molar-refractivity contribution in [2.45, 2.75) is 13.8 Å². The van der Waals surface area contributed by atoms with Gasteiger partial charge in [-0.05, 0) is 31.5 Å². The Hall–Kier alpha value is -2.38. The zero-order valence-corrected chi connectivity index (χ0v) is 16.3. The minimum Gasteiger partial charge on any atom is -0.493 e. The first kappa shape index (κ1) is 18.4. The van der Waals surface area contributed by atoms with Gasteiger partial charge in [0.2, 0.25) is 0 Å². The second kappa shape index (κ2) is 7.88. The van der Waals surface area contributed by atoms with E-state index >= 15 is 0 Å². The quantitative estimate of drug-likeness (QED) is 0.684. The van der Waals surface area contributed by atoms with Crippen LogP contribution in [-0.2, 0) is 0 Å². The molecule has 7 heteroatoms. The number of aryl methyl sites for hydroxylation is 1. The first-order valence-electron chi connectivity index (χ1n) is 8.46. The van der Waals surface area contributed by atoms with Crippen LogP contribution in [0.4, 0.5) is 5.82 Å². The van der Waals surface area contributed by atoms with E-state index in [-0.39, 0.29) is 6.61 Å². The van der Waals surface area contributed by atoms with Crippen molar-refractivity contribution in [3.05, 3.63) is 29.4 Å². The highest BCUT2D eigenvalue weighted by molar-refractivity contribution is 7.19. The molecule has 138 valence electrons. The number of likely N-dealkylation sites (N-methyl/N-ethyl adjacent to an activating group) is 1. The van der Waals surface area contributed by atoms with Crippen LogP contribution in [0, 0.1) is 6.92 Å². The maximum atomic E-state index is 9.41. The fourth-order valence-corrected chi connectivity index (χ4v) is 4.15. The highest BCUT2D eigenvalue weighted by Gasteiger charge is 2.20. The largest absolute Gasteiger partial charge is 0.493 e. The molecule has 0 fully saturated rings. The summed E-state index contributed by atoms with van der Waals surface area (Å²) >= 11 is 1.64. The van der Waals surface area contributed by atoms with Gasteiger partial charge in [-0.2, -0.15) is 0 Å². The Bertz CT molecular complexity index is 910. The van der Waals surface area contributed by atoms with E-state index in [1.54, 1.807) is 31.9 Å². The lowest BCUT2D eigenvalue weighted by atomic mass is 10.0. The lowest BCUT2D eigenvalue weighted by Gasteiger charge is -2.22. The minimum atomic E-state index is 0.0775. The summed E-state index contributed by atoms with van der Waals surface area (Å²) in [5.74, 6) is 2.23. The predicted octanol–water partition coefficient (Wildman–Crippen LogP) is 3.50. The summed E-state index contributed by atoms with van der Waals surface area (Å²) < 4.78 is 10.8. The van der Waals surface area contributed by atoms with Gasteiger partial charge in [0, 0.05) is 23.5 Å². The molecule has 0 aliphatic rings. The molecule has 3 rings (SSSR count). The van der Waals surface area contributed by atoms with Crippen LogP contribution in [0.5, 0.6) is 11.5 Å². The number of fused-ring (bicyclic) bond motifs is 1. The summed E-state index contributed by atoms with van der Waals surface area (Å²) in [6.45, 7) is 5.51. The van der Waals surface area contributed by atoms with Gasteiger partial charge in [0.1, 0.15) is 17.0 Å². The summed E-state index contributed by atoms with van der Waals surface area (Å²) in [5.41, 5.74) is 2.13. The van der Waals surface area contributed by atoms with Gasteiger partial charge in [-0.15, -0.1) is 11.3 Å². The lowest BCUT2D eigenvalue weighted by Crippen LogP contribution is -2.27. The fourth-order valence-electron chi connectivity index (χ4n) is 3.14. The first-order chi connectivity index (χ1) is 12.6. The van der Waals surface area contributed by atoms with Crippen molar-refractivity contribution in [2.24, 2.45) is 0 Å². The normalized spacial score (nSPS) is 11.0. The number of hydrogen-bond acceptors (Lipinski definition) is 7. The predicted molar refractivity (Wildman–Crippen MR) is 106 cm³/mol. The number of aliphatic hydroxyl groups is 1. The van der Waals surface area contributed by atoms with Crippen LogP contribution >= 0.6 is 11.3 Å². The maximum Gasteiger partial charge on any atom is 0.161 e. The summed E-state index contributed by atoms with van der Waals surface area (Å²) in [6.07, 6.45) is 1.59. The van der Waals surface area contributed by atoms with Crippen molar-refractivity contribution in [2.75, 3.05) is 38.8 Å². The molecular formula is C19H23N3O3S.